The molecular formula is C15H13N3OS. The summed E-state index contributed by atoms with van der Waals surface area (Å²) in [6.07, 6.45) is 3.43. The van der Waals surface area contributed by atoms with E-state index in [0.29, 0.717) is 17.1 Å². The van der Waals surface area contributed by atoms with Crippen molar-refractivity contribution in [3.8, 4) is 0 Å². The van der Waals surface area contributed by atoms with E-state index in [1.54, 1.807) is 12.4 Å². The Morgan fingerprint density at radius 3 is 2.85 bits per heavy atom. The van der Waals surface area contributed by atoms with Gasteiger partial charge in [0.2, 0.25) is 0 Å². The van der Waals surface area contributed by atoms with Crippen molar-refractivity contribution in [2.45, 2.75) is 6.54 Å². The maximum atomic E-state index is 12.2. The largest absolute Gasteiger partial charge is 0.397 e. The number of nitrogens with two attached hydrogens (primary N) is 1. The highest BCUT2D eigenvalue weighted by Gasteiger charge is 2.15. The van der Waals surface area contributed by atoms with Gasteiger partial charge in [-0.1, -0.05) is 24.3 Å². The Balaban J connectivity index is 1.81. The summed E-state index contributed by atoms with van der Waals surface area (Å²) in [6, 6.07) is 11.5. The lowest BCUT2D eigenvalue weighted by Gasteiger charge is -2.04. The molecule has 100 valence electrons. The van der Waals surface area contributed by atoms with Gasteiger partial charge < -0.3 is 11.1 Å². The number of pyridine rings is 1. The molecule has 2 heterocycles. The predicted octanol–water partition coefficient (Wildman–Crippen LogP) is 2.81. The maximum absolute atomic E-state index is 12.2. The smallest absolute Gasteiger partial charge is 0.263 e. The number of nitrogen functional groups attached to an aromatic ring is 1. The highest BCUT2D eigenvalue weighted by atomic mass is 32.1. The van der Waals surface area contributed by atoms with Gasteiger partial charge in [-0.15, -0.1) is 11.3 Å². The monoisotopic (exact) mass is 283 g/mol. The molecule has 3 N–H and O–H groups in total. The van der Waals surface area contributed by atoms with E-state index in [0.717, 1.165) is 15.6 Å². The number of anilines is 1. The summed E-state index contributed by atoms with van der Waals surface area (Å²) in [5.74, 6) is -0.146. The van der Waals surface area contributed by atoms with Crippen LogP contribution >= 0.6 is 11.3 Å². The van der Waals surface area contributed by atoms with Crippen LogP contribution in [0.25, 0.3) is 10.1 Å². The number of rotatable bonds is 3. The molecule has 0 fully saturated rings. The molecule has 0 radical (unpaired) electrons. The van der Waals surface area contributed by atoms with Crippen molar-refractivity contribution in [2.24, 2.45) is 0 Å². The molecule has 1 aromatic carbocycles. The van der Waals surface area contributed by atoms with Gasteiger partial charge in [0.05, 0.1) is 5.69 Å². The number of aromatic nitrogens is 1. The van der Waals surface area contributed by atoms with Crippen molar-refractivity contribution in [3.05, 3.63) is 59.2 Å². The van der Waals surface area contributed by atoms with Crippen LogP contribution in [-0.2, 0) is 6.54 Å². The van der Waals surface area contributed by atoms with E-state index in [1.165, 1.54) is 11.3 Å². The second-order valence-corrected chi connectivity index (χ2v) is 5.44. The third-order valence-electron chi connectivity index (χ3n) is 3.02. The van der Waals surface area contributed by atoms with Gasteiger partial charge in [0.25, 0.3) is 5.91 Å². The second-order valence-electron chi connectivity index (χ2n) is 4.38. The number of amides is 1. The zero-order chi connectivity index (χ0) is 13.9. The number of hydrogen-bond donors (Lipinski definition) is 2. The molecule has 5 heteroatoms. The molecule has 2 aromatic heterocycles. The highest BCUT2D eigenvalue weighted by Crippen LogP contribution is 2.33. The number of benzene rings is 1. The Kier molecular flexibility index (Phi) is 3.35. The third-order valence-corrected chi connectivity index (χ3v) is 4.20. The molecule has 0 bridgehead atoms. The van der Waals surface area contributed by atoms with Crippen LogP contribution in [0.2, 0.25) is 0 Å². The number of hydrogen-bond acceptors (Lipinski definition) is 4. The number of thiophene rings is 1. The summed E-state index contributed by atoms with van der Waals surface area (Å²) in [6.45, 7) is 0.445. The van der Waals surface area contributed by atoms with Crippen LogP contribution in [0, 0.1) is 0 Å². The minimum atomic E-state index is -0.146. The molecule has 0 unspecified atom stereocenters. The van der Waals surface area contributed by atoms with Crippen molar-refractivity contribution in [2.75, 3.05) is 5.73 Å². The summed E-state index contributed by atoms with van der Waals surface area (Å²) >= 11 is 1.41. The standard InChI is InChI=1S/C15H13N3OS/c16-13-11-5-1-2-6-12(11)20-14(13)15(19)18-9-10-4-3-7-17-8-10/h1-8H,9,16H2,(H,18,19). The fraction of sp³-hybridized carbons (Fsp3) is 0.0667. The molecule has 0 saturated carbocycles. The summed E-state index contributed by atoms with van der Waals surface area (Å²) in [5.41, 5.74) is 7.56. The quantitative estimate of drug-likeness (QED) is 0.776. The van der Waals surface area contributed by atoms with Crippen molar-refractivity contribution in [1.82, 2.24) is 10.3 Å². The van der Waals surface area contributed by atoms with Gasteiger partial charge in [-0.3, -0.25) is 9.78 Å². The van der Waals surface area contributed by atoms with Crippen molar-refractivity contribution >= 4 is 33.0 Å². The lowest BCUT2D eigenvalue weighted by Crippen LogP contribution is -2.22. The average molecular weight is 283 g/mol. The van der Waals surface area contributed by atoms with E-state index in [9.17, 15) is 4.79 Å². The van der Waals surface area contributed by atoms with Crippen molar-refractivity contribution in [3.63, 3.8) is 0 Å². The SMILES string of the molecule is Nc1c(C(=O)NCc2cccnc2)sc2ccccc12. The Labute approximate surface area is 120 Å². The number of nitrogens with zero attached hydrogens (tertiary/aromatic N) is 1. The molecule has 0 aliphatic carbocycles. The molecule has 0 atom stereocenters. The van der Waals surface area contributed by atoms with Crippen LogP contribution in [-0.4, -0.2) is 10.9 Å². The molecule has 0 spiro atoms. The summed E-state index contributed by atoms with van der Waals surface area (Å²) in [7, 11) is 0. The zero-order valence-corrected chi connectivity index (χ0v) is 11.5. The Hall–Kier alpha value is -2.40. The van der Waals surface area contributed by atoms with Gasteiger partial charge in [0, 0.05) is 29.0 Å². The van der Waals surface area contributed by atoms with Crippen LogP contribution in [0.5, 0.6) is 0 Å². The van der Waals surface area contributed by atoms with Gasteiger partial charge >= 0.3 is 0 Å². The molecule has 3 aromatic rings. The Morgan fingerprint density at radius 1 is 1.25 bits per heavy atom. The van der Waals surface area contributed by atoms with E-state index in [2.05, 4.69) is 10.3 Å². The Morgan fingerprint density at radius 2 is 2.10 bits per heavy atom. The lowest BCUT2D eigenvalue weighted by molar-refractivity contribution is 0.0956. The topological polar surface area (TPSA) is 68.0 Å². The number of nitrogens with one attached hydrogen (secondary N) is 1. The van der Waals surface area contributed by atoms with Crippen LogP contribution in [0.4, 0.5) is 5.69 Å². The first kappa shape index (κ1) is 12.6. The molecule has 0 aliphatic heterocycles. The first-order chi connectivity index (χ1) is 9.75. The summed E-state index contributed by atoms with van der Waals surface area (Å²) < 4.78 is 1.02. The molecule has 0 aliphatic rings. The van der Waals surface area contributed by atoms with Crippen molar-refractivity contribution in [1.29, 1.82) is 0 Å². The summed E-state index contributed by atoms with van der Waals surface area (Å²) in [5, 5.41) is 3.80. The predicted molar refractivity (Wildman–Crippen MR) is 81.6 cm³/mol. The fourth-order valence-corrected chi connectivity index (χ4v) is 3.04. The molecular weight excluding hydrogens is 270 g/mol. The first-order valence-corrected chi connectivity index (χ1v) is 7.01. The molecule has 4 nitrogen and oxygen atoms in total. The van der Waals surface area contributed by atoms with Crippen molar-refractivity contribution < 1.29 is 4.79 Å². The molecule has 20 heavy (non-hydrogen) atoms. The summed E-state index contributed by atoms with van der Waals surface area (Å²) in [4.78, 5) is 16.8. The highest BCUT2D eigenvalue weighted by molar-refractivity contribution is 7.21. The van der Waals surface area contributed by atoms with Gasteiger partial charge in [0.1, 0.15) is 4.88 Å². The van der Waals surface area contributed by atoms with E-state index < -0.39 is 0 Å². The second kappa shape index (κ2) is 5.30. The van der Waals surface area contributed by atoms with Gasteiger partial charge in [-0.2, -0.15) is 0 Å². The van der Waals surface area contributed by atoms with E-state index in [4.69, 9.17) is 5.73 Å². The minimum absolute atomic E-state index is 0.146. The Bertz CT molecular complexity index is 752. The lowest BCUT2D eigenvalue weighted by atomic mass is 10.2. The maximum Gasteiger partial charge on any atom is 0.263 e. The molecule has 1 amide bonds. The number of carbonyl (C=O) groups is 1. The van der Waals surface area contributed by atoms with Gasteiger partial charge in [-0.25, -0.2) is 0 Å². The van der Waals surface area contributed by atoms with E-state index in [-0.39, 0.29) is 5.91 Å². The minimum Gasteiger partial charge on any atom is -0.397 e. The van der Waals surface area contributed by atoms with Crippen LogP contribution in [0.15, 0.2) is 48.8 Å². The van der Waals surface area contributed by atoms with Crippen LogP contribution in [0.3, 0.4) is 0 Å². The normalized spacial score (nSPS) is 10.6. The van der Waals surface area contributed by atoms with Gasteiger partial charge in [-0.05, 0) is 17.7 Å². The fourth-order valence-electron chi connectivity index (χ4n) is 2.00. The van der Waals surface area contributed by atoms with Crippen LogP contribution in [0.1, 0.15) is 15.2 Å². The zero-order valence-electron chi connectivity index (χ0n) is 10.7. The van der Waals surface area contributed by atoms with Crippen LogP contribution < -0.4 is 11.1 Å². The van der Waals surface area contributed by atoms with Gasteiger partial charge in [0.15, 0.2) is 0 Å². The third kappa shape index (κ3) is 2.35. The molecule has 3 rings (SSSR count). The number of carbonyl (C=O) groups excluding carboxylic acids is 1. The number of fused-ring (bicyclic) bond motifs is 1. The average Bonchev–Trinajstić information content (AvgIpc) is 2.84. The van der Waals surface area contributed by atoms with E-state index in [1.807, 2.05) is 36.4 Å². The first-order valence-electron chi connectivity index (χ1n) is 6.20. The molecule has 0 saturated heterocycles. The van der Waals surface area contributed by atoms with E-state index >= 15 is 0 Å².